The number of rotatable bonds is 6. The van der Waals surface area contributed by atoms with Gasteiger partial charge in [-0.3, -0.25) is 14.5 Å². The molecular weight excluding hydrogens is 412 g/mol. The topological polar surface area (TPSA) is 62.7 Å². The molecule has 0 spiro atoms. The maximum atomic E-state index is 12.5. The lowest BCUT2D eigenvalue weighted by Crippen LogP contribution is -2.29. The molecule has 0 radical (unpaired) electrons. The van der Waals surface area contributed by atoms with Gasteiger partial charge < -0.3 is 5.32 Å². The van der Waals surface area contributed by atoms with Gasteiger partial charge in [-0.2, -0.15) is 5.10 Å². The third kappa shape index (κ3) is 4.47. The van der Waals surface area contributed by atoms with Gasteiger partial charge in [0.2, 0.25) is 5.91 Å². The van der Waals surface area contributed by atoms with Gasteiger partial charge in [0.1, 0.15) is 5.82 Å². The molecule has 1 aromatic heterocycles. The SMILES string of the molecule is C[C@@H](NC(=O)Cc1n[nH]c(=S)n1Cc1ccccc1)c1ccccc1Br. The number of H-pyrrole nitrogens is 1. The third-order valence-corrected chi connectivity index (χ3v) is 5.12. The number of halogens is 1. The van der Waals surface area contributed by atoms with E-state index in [1.165, 1.54) is 0 Å². The Morgan fingerprint density at radius 2 is 1.92 bits per heavy atom. The molecule has 0 unspecified atom stereocenters. The number of hydrogen-bond acceptors (Lipinski definition) is 3. The Morgan fingerprint density at radius 1 is 1.23 bits per heavy atom. The minimum absolute atomic E-state index is 0.100. The highest BCUT2D eigenvalue weighted by Gasteiger charge is 2.15. The maximum absolute atomic E-state index is 12.5. The molecule has 26 heavy (non-hydrogen) atoms. The van der Waals surface area contributed by atoms with Gasteiger partial charge in [0, 0.05) is 4.47 Å². The van der Waals surface area contributed by atoms with Gasteiger partial charge >= 0.3 is 0 Å². The van der Waals surface area contributed by atoms with Crippen molar-refractivity contribution in [2.24, 2.45) is 0 Å². The van der Waals surface area contributed by atoms with E-state index in [1.807, 2.05) is 66.1 Å². The van der Waals surface area contributed by atoms with Gasteiger partial charge in [-0.1, -0.05) is 64.5 Å². The van der Waals surface area contributed by atoms with Crippen LogP contribution in [-0.4, -0.2) is 20.7 Å². The molecular formula is C19H19BrN4OS. The van der Waals surface area contributed by atoms with Gasteiger partial charge in [-0.05, 0) is 36.3 Å². The van der Waals surface area contributed by atoms with Gasteiger partial charge in [-0.25, -0.2) is 0 Å². The van der Waals surface area contributed by atoms with Crippen LogP contribution in [-0.2, 0) is 17.8 Å². The quantitative estimate of drug-likeness (QED) is 0.576. The molecule has 1 atom stereocenters. The second-order valence-electron chi connectivity index (χ2n) is 6.00. The van der Waals surface area contributed by atoms with E-state index in [-0.39, 0.29) is 18.4 Å². The lowest BCUT2D eigenvalue weighted by atomic mass is 10.1. The minimum atomic E-state index is -0.109. The zero-order valence-electron chi connectivity index (χ0n) is 14.3. The number of carbonyl (C=O) groups is 1. The molecule has 0 aliphatic carbocycles. The number of nitrogens with zero attached hydrogens (tertiary/aromatic N) is 2. The summed E-state index contributed by atoms with van der Waals surface area (Å²) in [7, 11) is 0. The molecule has 7 heteroatoms. The van der Waals surface area contributed by atoms with Crippen molar-refractivity contribution < 1.29 is 4.79 Å². The van der Waals surface area contributed by atoms with Crippen LogP contribution < -0.4 is 5.32 Å². The number of aromatic amines is 1. The van der Waals surface area contributed by atoms with Crippen LogP contribution in [0.5, 0.6) is 0 Å². The zero-order valence-corrected chi connectivity index (χ0v) is 16.7. The van der Waals surface area contributed by atoms with Crippen molar-refractivity contribution in [1.29, 1.82) is 0 Å². The first-order chi connectivity index (χ1) is 12.5. The van der Waals surface area contributed by atoms with Gasteiger partial charge in [0.15, 0.2) is 4.77 Å². The largest absolute Gasteiger partial charge is 0.349 e. The van der Waals surface area contributed by atoms with E-state index in [2.05, 4.69) is 31.4 Å². The molecule has 0 fully saturated rings. The highest BCUT2D eigenvalue weighted by Crippen LogP contribution is 2.22. The summed E-state index contributed by atoms with van der Waals surface area (Å²) in [6, 6.07) is 17.7. The molecule has 3 aromatic rings. The molecule has 0 bridgehead atoms. The van der Waals surface area contributed by atoms with Crippen molar-refractivity contribution in [3.05, 3.63) is 80.8 Å². The highest BCUT2D eigenvalue weighted by atomic mass is 79.9. The molecule has 0 aliphatic heterocycles. The van der Waals surface area contributed by atoms with Crippen molar-refractivity contribution in [2.45, 2.75) is 25.9 Å². The maximum Gasteiger partial charge on any atom is 0.228 e. The normalized spacial score (nSPS) is 11.9. The van der Waals surface area contributed by atoms with E-state index in [9.17, 15) is 4.79 Å². The Hall–Kier alpha value is -2.25. The summed E-state index contributed by atoms with van der Waals surface area (Å²) in [5.41, 5.74) is 2.14. The predicted molar refractivity (Wildman–Crippen MR) is 107 cm³/mol. The fourth-order valence-electron chi connectivity index (χ4n) is 2.75. The van der Waals surface area contributed by atoms with Crippen LogP contribution in [0.25, 0.3) is 0 Å². The lowest BCUT2D eigenvalue weighted by Gasteiger charge is -2.16. The smallest absolute Gasteiger partial charge is 0.228 e. The van der Waals surface area contributed by atoms with Crippen molar-refractivity contribution in [2.75, 3.05) is 0 Å². The third-order valence-electron chi connectivity index (χ3n) is 4.09. The Kier molecular flexibility index (Phi) is 6.00. The zero-order chi connectivity index (χ0) is 18.5. The summed E-state index contributed by atoms with van der Waals surface area (Å²) in [4.78, 5) is 12.5. The van der Waals surface area contributed by atoms with Crippen LogP contribution in [0.1, 0.15) is 29.9 Å². The van der Waals surface area contributed by atoms with Gasteiger partial charge in [0.25, 0.3) is 0 Å². The molecule has 0 saturated carbocycles. The van der Waals surface area contributed by atoms with Gasteiger partial charge in [-0.15, -0.1) is 0 Å². The first-order valence-electron chi connectivity index (χ1n) is 8.26. The fraction of sp³-hybridized carbons (Fsp3) is 0.211. The van der Waals surface area contributed by atoms with Crippen molar-refractivity contribution in [1.82, 2.24) is 20.1 Å². The summed E-state index contributed by atoms with van der Waals surface area (Å²) in [6.07, 6.45) is 0.161. The predicted octanol–water partition coefficient (Wildman–Crippen LogP) is 4.17. The number of aromatic nitrogens is 3. The number of nitrogens with one attached hydrogen (secondary N) is 2. The second kappa shape index (κ2) is 8.42. The van der Waals surface area contributed by atoms with E-state index < -0.39 is 0 Å². The summed E-state index contributed by atoms with van der Waals surface area (Å²) < 4.78 is 3.34. The molecule has 5 nitrogen and oxygen atoms in total. The number of amides is 1. The van der Waals surface area contributed by atoms with Crippen LogP contribution in [0.15, 0.2) is 59.1 Å². The Balaban J connectivity index is 1.70. The Labute approximate surface area is 165 Å². The van der Waals surface area contributed by atoms with Crippen LogP contribution >= 0.6 is 28.1 Å². The second-order valence-corrected chi connectivity index (χ2v) is 7.25. The molecule has 1 heterocycles. The van der Waals surface area contributed by atoms with E-state index >= 15 is 0 Å². The number of benzene rings is 2. The minimum Gasteiger partial charge on any atom is -0.349 e. The molecule has 134 valence electrons. The summed E-state index contributed by atoms with van der Waals surface area (Å²) in [5, 5.41) is 10.0. The van der Waals surface area contributed by atoms with E-state index in [0.717, 1.165) is 15.6 Å². The van der Waals surface area contributed by atoms with E-state index in [4.69, 9.17) is 12.2 Å². The molecule has 0 aliphatic rings. The van der Waals surface area contributed by atoms with E-state index in [0.29, 0.717) is 17.1 Å². The highest BCUT2D eigenvalue weighted by molar-refractivity contribution is 9.10. The van der Waals surface area contributed by atoms with Crippen LogP contribution in [0.2, 0.25) is 0 Å². The summed E-state index contributed by atoms with van der Waals surface area (Å²) >= 11 is 8.83. The van der Waals surface area contributed by atoms with Crippen molar-refractivity contribution in [3.8, 4) is 0 Å². The van der Waals surface area contributed by atoms with Crippen molar-refractivity contribution in [3.63, 3.8) is 0 Å². The summed E-state index contributed by atoms with van der Waals surface area (Å²) in [5.74, 6) is 0.521. The Bertz CT molecular complexity index is 951. The fourth-order valence-corrected chi connectivity index (χ4v) is 3.60. The van der Waals surface area contributed by atoms with Gasteiger partial charge in [0.05, 0.1) is 19.0 Å². The molecule has 2 N–H and O–H groups in total. The first kappa shape index (κ1) is 18.5. The molecule has 2 aromatic carbocycles. The molecule has 1 amide bonds. The van der Waals surface area contributed by atoms with Crippen LogP contribution in [0, 0.1) is 4.77 Å². The monoisotopic (exact) mass is 430 g/mol. The first-order valence-corrected chi connectivity index (χ1v) is 9.46. The molecule has 0 saturated heterocycles. The van der Waals surface area contributed by atoms with Crippen LogP contribution in [0.4, 0.5) is 0 Å². The lowest BCUT2D eigenvalue weighted by molar-refractivity contribution is -0.121. The standard InChI is InChI=1S/C19H19BrN4OS/c1-13(15-9-5-6-10-16(15)20)21-18(25)11-17-22-23-19(26)24(17)12-14-7-3-2-4-8-14/h2-10,13H,11-12H2,1H3,(H,21,25)(H,23,26)/t13-/m1/s1. The Morgan fingerprint density at radius 3 is 2.65 bits per heavy atom. The number of carbonyl (C=O) groups excluding carboxylic acids is 1. The molecule has 3 rings (SSSR count). The average molecular weight is 431 g/mol. The summed E-state index contributed by atoms with van der Waals surface area (Å²) in [6.45, 7) is 2.54. The van der Waals surface area contributed by atoms with E-state index in [1.54, 1.807) is 0 Å². The van der Waals surface area contributed by atoms with Crippen molar-refractivity contribution >= 4 is 34.1 Å². The van der Waals surface area contributed by atoms with Crippen LogP contribution in [0.3, 0.4) is 0 Å². The average Bonchev–Trinajstić information content (AvgIpc) is 2.96. The number of hydrogen-bond donors (Lipinski definition) is 2.